The van der Waals surface area contributed by atoms with Gasteiger partial charge in [0.1, 0.15) is 0 Å². The lowest BCUT2D eigenvalue weighted by molar-refractivity contribution is 0.461. The van der Waals surface area contributed by atoms with Gasteiger partial charge in [0.05, 0.1) is 5.50 Å². The van der Waals surface area contributed by atoms with Crippen LogP contribution in [0.25, 0.3) is 0 Å². The molecule has 12 heavy (non-hydrogen) atoms. The molecule has 0 aliphatic heterocycles. The lowest BCUT2D eigenvalue weighted by Crippen LogP contribution is -2.31. The van der Waals surface area contributed by atoms with Gasteiger partial charge < -0.3 is 0 Å². The lowest BCUT2D eigenvalue weighted by atomic mass is 10.2. The number of nitrogens with one attached hydrogen (secondary N) is 1. The first-order chi connectivity index (χ1) is 5.35. The van der Waals surface area contributed by atoms with Crippen LogP contribution in [0.5, 0.6) is 0 Å². The summed E-state index contributed by atoms with van der Waals surface area (Å²) in [5.74, 6) is 0. The number of hydrogen-bond acceptors (Lipinski definition) is 2. The highest BCUT2D eigenvalue weighted by Gasteiger charge is 2.15. The predicted octanol–water partition coefficient (Wildman–Crippen LogP) is 1.35. The van der Waals surface area contributed by atoms with Crippen molar-refractivity contribution in [1.29, 1.82) is 0 Å². The molecule has 0 rings (SSSR count). The molecule has 0 heterocycles. The molecule has 0 aromatic carbocycles. The number of rotatable bonds is 5. The van der Waals surface area contributed by atoms with E-state index < -0.39 is 15.8 Å². The second kappa shape index (κ2) is 5.24. The maximum Gasteiger partial charge on any atom is 0.334 e. The average molecular weight is 236 g/mol. The van der Waals surface area contributed by atoms with E-state index in [2.05, 4.69) is 0 Å². The van der Waals surface area contributed by atoms with Gasteiger partial charge in [-0.25, -0.2) is 0 Å². The molecule has 0 radical (unpaired) electrons. The van der Waals surface area contributed by atoms with Crippen LogP contribution in [0.2, 0.25) is 0 Å². The number of alkyl halides is 2. The molecule has 7 heteroatoms. The Bertz CT molecular complexity index is 219. The molecule has 0 fully saturated rings. The topological polar surface area (TPSA) is 66.4 Å². The van der Waals surface area contributed by atoms with Crippen LogP contribution in [0.15, 0.2) is 0 Å². The van der Waals surface area contributed by atoms with E-state index in [1.165, 1.54) is 0 Å². The van der Waals surface area contributed by atoms with E-state index in [9.17, 15) is 8.42 Å². The fraction of sp³-hybridized carbons (Fsp3) is 1.00. The van der Waals surface area contributed by atoms with Crippen molar-refractivity contribution >= 4 is 33.5 Å². The highest BCUT2D eigenvalue weighted by atomic mass is 35.5. The molecule has 0 aromatic rings. The fourth-order valence-corrected chi connectivity index (χ4v) is 1.84. The predicted molar refractivity (Wildman–Crippen MR) is 48.9 cm³/mol. The fourth-order valence-electron chi connectivity index (χ4n) is 0.601. The molecule has 0 aliphatic rings. The molecule has 2 unspecified atom stereocenters. The van der Waals surface area contributed by atoms with Crippen molar-refractivity contribution < 1.29 is 13.0 Å². The van der Waals surface area contributed by atoms with Gasteiger partial charge in [-0.15, -0.1) is 23.2 Å². The maximum atomic E-state index is 10.2. The minimum Gasteiger partial charge on any atom is -0.273 e. The first-order valence-corrected chi connectivity index (χ1v) is 5.69. The minimum atomic E-state index is -4.22. The third kappa shape index (κ3) is 7.12. The summed E-state index contributed by atoms with van der Waals surface area (Å²) in [6, 6.07) is 0. The standard InChI is InChI=1S/C5H11Cl2NO3S/c1-2-4(6)3-5(7)8-12(9,10)11/h4-5,8H,2-3H2,1H3,(H,9,10,11). The maximum absolute atomic E-state index is 10.2. The highest BCUT2D eigenvalue weighted by Crippen LogP contribution is 2.12. The van der Waals surface area contributed by atoms with Gasteiger partial charge in [-0.1, -0.05) is 6.92 Å². The summed E-state index contributed by atoms with van der Waals surface area (Å²) in [6.45, 7) is 1.86. The molecule has 0 bridgehead atoms. The van der Waals surface area contributed by atoms with Crippen molar-refractivity contribution in [1.82, 2.24) is 4.72 Å². The molecule has 2 N–H and O–H groups in total. The largest absolute Gasteiger partial charge is 0.334 e. The zero-order valence-electron chi connectivity index (χ0n) is 6.50. The van der Waals surface area contributed by atoms with Crippen LogP contribution in [-0.2, 0) is 10.3 Å². The Morgan fingerprint density at radius 2 is 2.00 bits per heavy atom. The van der Waals surface area contributed by atoms with Gasteiger partial charge in [0.15, 0.2) is 0 Å². The van der Waals surface area contributed by atoms with Gasteiger partial charge in [0.25, 0.3) is 0 Å². The van der Waals surface area contributed by atoms with Crippen molar-refractivity contribution in [2.24, 2.45) is 0 Å². The normalized spacial score (nSPS) is 17.3. The van der Waals surface area contributed by atoms with Crippen molar-refractivity contribution in [3.63, 3.8) is 0 Å². The van der Waals surface area contributed by atoms with E-state index >= 15 is 0 Å². The van der Waals surface area contributed by atoms with Crippen molar-refractivity contribution in [3.05, 3.63) is 0 Å². The van der Waals surface area contributed by atoms with Crippen LogP contribution >= 0.6 is 23.2 Å². The van der Waals surface area contributed by atoms with E-state index in [1.54, 1.807) is 4.72 Å². The van der Waals surface area contributed by atoms with Gasteiger partial charge in [-0.3, -0.25) is 4.55 Å². The van der Waals surface area contributed by atoms with Crippen molar-refractivity contribution in [2.45, 2.75) is 30.6 Å². The zero-order valence-corrected chi connectivity index (χ0v) is 8.83. The van der Waals surface area contributed by atoms with Gasteiger partial charge in [0, 0.05) is 5.38 Å². The molecular weight excluding hydrogens is 225 g/mol. The molecule has 0 amide bonds. The van der Waals surface area contributed by atoms with Crippen LogP contribution in [0.3, 0.4) is 0 Å². The van der Waals surface area contributed by atoms with Crippen molar-refractivity contribution in [3.8, 4) is 0 Å². The third-order valence-electron chi connectivity index (χ3n) is 1.18. The summed E-state index contributed by atoms with van der Waals surface area (Å²) in [5, 5.41) is -0.193. The number of hydrogen-bond donors (Lipinski definition) is 2. The minimum absolute atomic E-state index is 0.193. The molecule has 2 atom stereocenters. The van der Waals surface area contributed by atoms with Gasteiger partial charge in [-0.2, -0.15) is 13.1 Å². The van der Waals surface area contributed by atoms with Crippen LogP contribution < -0.4 is 4.72 Å². The average Bonchev–Trinajstić information content (AvgIpc) is 1.82. The summed E-state index contributed by atoms with van der Waals surface area (Å²) < 4.78 is 30.6. The second-order valence-electron chi connectivity index (χ2n) is 2.30. The monoisotopic (exact) mass is 235 g/mol. The first-order valence-electron chi connectivity index (χ1n) is 3.38. The summed E-state index contributed by atoms with van der Waals surface area (Å²) in [5.41, 5.74) is -0.859. The van der Waals surface area contributed by atoms with E-state index in [4.69, 9.17) is 27.8 Å². The Labute approximate surface area is 82.1 Å². The molecule has 0 aliphatic carbocycles. The van der Waals surface area contributed by atoms with E-state index in [1.807, 2.05) is 6.92 Å². The summed E-state index contributed by atoms with van der Waals surface area (Å²) in [7, 11) is -4.22. The van der Waals surface area contributed by atoms with Gasteiger partial charge in [0.2, 0.25) is 0 Å². The number of halogens is 2. The Balaban J connectivity index is 3.82. The second-order valence-corrected chi connectivity index (χ2v) is 4.63. The Kier molecular flexibility index (Phi) is 5.43. The van der Waals surface area contributed by atoms with Crippen LogP contribution in [0.1, 0.15) is 19.8 Å². The third-order valence-corrected chi connectivity index (χ3v) is 2.67. The Morgan fingerprint density at radius 1 is 1.50 bits per heavy atom. The molecule has 0 aromatic heterocycles. The van der Waals surface area contributed by atoms with Crippen LogP contribution in [-0.4, -0.2) is 23.8 Å². The quantitative estimate of drug-likeness (QED) is 0.430. The van der Waals surface area contributed by atoms with Crippen LogP contribution in [0.4, 0.5) is 0 Å². The molecular formula is C5H11Cl2NO3S. The molecule has 0 saturated heterocycles. The molecule has 74 valence electrons. The van der Waals surface area contributed by atoms with Gasteiger partial charge >= 0.3 is 10.3 Å². The first kappa shape index (κ1) is 12.4. The molecule has 0 saturated carbocycles. The van der Waals surface area contributed by atoms with E-state index in [0.717, 1.165) is 0 Å². The SMILES string of the molecule is CCC(Cl)CC(Cl)NS(=O)(=O)O. The zero-order chi connectivity index (χ0) is 9.78. The highest BCUT2D eigenvalue weighted by molar-refractivity contribution is 7.83. The Hall–Kier alpha value is 0.450. The van der Waals surface area contributed by atoms with Crippen LogP contribution in [0, 0.1) is 0 Å². The molecule has 4 nitrogen and oxygen atoms in total. The summed E-state index contributed by atoms with van der Waals surface area (Å²) in [4.78, 5) is 0. The summed E-state index contributed by atoms with van der Waals surface area (Å²) >= 11 is 11.2. The van der Waals surface area contributed by atoms with E-state index in [0.29, 0.717) is 6.42 Å². The van der Waals surface area contributed by atoms with Gasteiger partial charge in [-0.05, 0) is 12.8 Å². The molecule has 0 spiro atoms. The lowest BCUT2D eigenvalue weighted by Gasteiger charge is -2.11. The summed E-state index contributed by atoms with van der Waals surface area (Å²) in [6.07, 6.45) is 0.970. The van der Waals surface area contributed by atoms with E-state index in [-0.39, 0.29) is 11.8 Å². The Morgan fingerprint density at radius 3 is 2.33 bits per heavy atom. The van der Waals surface area contributed by atoms with Crippen molar-refractivity contribution in [2.75, 3.05) is 0 Å². The smallest absolute Gasteiger partial charge is 0.273 e.